The van der Waals surface area contributed by atoms with E-state index in [2.05, 4.69) is 15.0 Å². The smallest absolute Gasteiger partial charge is 0.0796 e. The van der Waals surface area contributed by atoms with Crippen LogP contribution in [0.2, 0.25) is 0 Å². The number of hydrogen-bond acceptors (Lipinski definition) is 4. The van der Waals surface area contributed by atoms with Crippen molar-refractivity contribution < 1.29 is 0 Å². The molecule has 26 heavy (non-hydrogen) atoms. The molecule has 0 atom stereocenters. The fourth-order valence-corrected chi connectivity index (χ4v) is 2.51. The molecule has 3 aromatic heterocycles. The highest BCUT2D eigenvalue weighted by atomic mass is 14.7. The summed E-state index contributed by atoms with van der Waals surface area (Å²) >= 11 is 0. The molecule has 4 rings (SSSR count). The van der Waals surface area contributed by atoms with Gasteiger partial charge in [-0.05, 0) is 29.8 Å². The molecule has 0 radical (unpaired) electrons. The van der Waals surface area contributed by atoms with Gasteiger partial charge in [-0.25, -0.2) is 0 Å². The molecule has 0 aliphatic heterocycles. The first-order valence-electron chi connectivity index (χ1n) is 8.38. The largest absolute Gasteiger partial charge is 0.326 e. The van der Waals surface area contributed by atoms with Gasteiger partial charge in [-0.1, -0.05) is 42.5 Å². The minimum absolute atomic E-state index is 0.640. The highest BCUT2D eigenvalue weighted by molar-refractivity contribution is 5.79. The lowest BCUT2D eigenvalue weighted by atomic mass is 10.0. The Labute approximate surface area is 153 Å². The number of benzene rings is 1. The van der Waals surface area contributed by atoms with Gasteiger partial charge in [0.2, 0.25) is 0 Å². The van der Waals surface area contributed by atoms with Crippen LogP contribution in [0.4, 0.5) is 0 Å². The molecule has 0 fully saturated rings. The van der Waals surface area contributed by atoms with Gasteiger partial charge in [0.15, 0.2) is 0 Å². The number of nitrogens with two attached hydrogens (primary N) is 1. The summed E-state index contributed by atoms with van der Waals surface area (Å²) < 4.78 is 0. The van der Waals surface area contributed by atoms with Gasteiger partial charge in [0.1, 0.15) is 0 Å². The molecule has 1 aromatic carbocycles. The van der Waals surface area contributed by atoms with Crippen molar-refractivity contribution in [3.63, 3.8) is 0 Å². The normalized spacial score (nSPS) is 9.88. The first kappa shape index (κ1) is 17.5. The van der Waals surface area contributed by atoms with E-state index in [0.717, 1.165) is 22.4 Å². The van der Waals surface area contributed by atoms with E-state index >= 15 is 0 Å². The lowest BCUT2D eigenvalue weighted by molar-refractivity contribution is 1.07. The molecule has 4 aromatic rings. The van der Waals surface area contributed by atoms with Crippen LogP contribution in [0.25, 0.3) is 22.4 Å². The van der Waals surface area contributed by atoms with Gasteiger partial charge in [-0.3, -0.25) is 15.0 Å². The maximum Gasteiger partial charge on any atom is 0.0796 e. The average Bonchev–Trinajstić information content (AvgIpc) is 2.76. The van der Waals surface area contributed by atoms with Crippen molar-refractivity contribution in [3.05, 3.63) is 103 Å². The Bertz CT molecular complexity index is 852. The zero-order valence-corrected chi connectivity index (χ0v) is 14.4. The van der Waals surface area contributed by atoms with Crippen molar-refractivity contribution >= 4 is 0 Å². The second kappa shape index (κ2) is 9.20. The van der Waals surface area contributed by atoms with Crippen molar-refractivity contribution in [1.82, 2.24) is 15.0 Å². The Morgan fingerprint density at radius 1 is 0.654 bits per heavy atom. The Kier molecular flexibility index (Phi) is 6.18. The van der Waals surface area contributed by atoms with Crippen LogP contribution in [0.1, 0.15) is 5.56 Å². The number of pyridine rings is 3. The lowest BCUT2D eigenvalue weighted by Gasteiger charge is -2.07. The fraction of sp³-hybridized carbons (Fsp3) is 0.0455. The summed E-state index contributed by atoms with van der Waals surface area (Å²) in [6, 6.07) is 21.9. The Morgan fingerprint density at radius 3 is 1.88 bits per heavy atom. The second-order valence-corrected chi connectivity index (χ2v) is 5.57. The predicted octanol–water partition coefficient (Wildman–Crippen LogP) is 4.35. The molecule has 2 N–H and O–H groups in total. The highest BCUT2D eigenvalue weighted by Gasteiger charge is 2.07. The van der Waals surface area contributed by atoms with Gasteiger partial charge in [0, 0.05) is 54.2 Å². The van der Waals surface area contributed by atoms with Gasteiger partial charge >= 0.3 is 0 Å². The van der Waals surface area contributed by atoms with Crippen LogP contribution in [0.3, 0.4) is 0 Å². The third-order valence-electron chi connectivity index (χ3n) is 3.79. The fourth-order valence-electron chi connectivity index (χ4n) is 2.51. The Balaban J connectivity index is 0.000000206. The Morgan fingerprint density at radius 2 is 1.31 bits per heavy atom. The molecule has 0 saturated carbocycles. The summed E-state index contributed by atoms with van der Waals surface area (Å²) in [6.45, 7) is 0.640. The molecule has 0 spiro atoms. The van der Waals surface area contributed by atoms with E-state index in [1.54, 1.807) is 18.6 Å². The van der Waals surface area contributed by atoms with Gasteiger partial charge in [-0.15, -0.1) is 0 Å². The zero-order valence-electron chi connectivity index (χ0n) is 14.4. The minimum atomic E-state index is 0.640. The third-order valence-corrected chi connectivity index (χ3v) is 3.79. The Hall–Kier alpha value is -3.37. The molecule has 128 valence electrons. The SMILES string of the molecule is NCc1ccccc1.c1cncc(-c2cccnc2-c2cccnc2)c1. The molecule has 0 unspecified atom stereocenters. The van der Waals surface area contributed by atoms with Crippen molar-refractivity contribution in [2.45, 2.75) is 6.54 Å². The van der Waals surface area contributed by atoms with E-state index < -0.39 is 0 Å². The van der Waals surface area contributed by atoms with Crippen LogP contribution in [-0.4, -0.2) is 15.0 Å². The van der Waals surface area contributed by atoms with E-state index in [4.69, 9.17) is 5.73 Å². The standard InChI is InChI=1S/C15H11N3.C7H9N/c1-4-12(10-16-7-1)14-6-3-9-18-15(14)13-5-2-8-17-11-13;8-6-7-4-2-1-3-5-7/h1-11H;1-5H,6,8H2. The molecule has 3 heterocycles. The topological polar surface area (TPSA) is 64.7 Å². The van der Waals surface area contributed by atoms with Crippen molar-refractivity contribution in [2.75, 3.05) is 0 Å². The van der Waals surface area contributed by atoms with Crippen LogP contribution < -0.4 is 5.73 Å². The average molecular weight is 340 g/mol. The van der Waals surface area contributed by atoms with Crippen LogP contribution in [-0.2, 0) is 6.54 Å². The number of aromatic nitrogens is 3. The maximum atomic E-state index is 5.35. The van der Waals surface area contributed by atoms with Crippen molar-refractivity contribution in [3.8, 4) is 22.4 Å². The maximum absolute atomic E-state index is 5.35. The molecule has 0 aliphatic carbocycles. The lowest BCUT2D eigenvalue weighted by Crippen LogP contribution is -1.94. The molecular formula is C22H20N4. The van der Waals surface area contributed by atoms with Crippen LogP contribution >= 0.6 is 0 Å². The van der Waals surface area contributed by atoms with Gasteiger partial charge in [-0.2, -0.15) is 0 Å². The third kappa shape index (κ3) is 4.59. The van der Waals surface area contributed by atoms with Crippen molar-refractivity contribution in [1.29, 1.82) is 0 Å². The molecule has 0 bridgehead atoms. The zero-order chi connectivity index (χ0) is 18.0. The summed E-state index contributed by atoms with van der Waals surface area (Å²) in [6.07, 6.45) is 8.99. The molecule has 0 amide bonds. The van der Waals surface area contributed by atoms with Crippen molar-refractivity contribution in [2.24, 2.45) is 5.73 Å². The van der Waals surface area contributed by atoms with Crippen LogP contribution in [0.15, 0.2) is 97.7 Å². The van der Waals surface area contributed by atoms with Gasteiger partial charge in [0.25, 0.3) is 0 Å². The first-order valence-corrected chi connectivity index (χ1v) is 8.38. The molecule has 4 nitrogen and oxygen atoms in total. The summed E-state index contributed by atoms with van der Waals surface area (Å²) in [7, 11) is 0. The minimum Gasteiger partial charge on any atom is -0.326 e. The highest BCUT2D eigenvalue weighted by Crippen LogP contribution is 2.28. The van der Waals surface area contributed by atoms with E-state index in [0.29, 0.717) is 6.54 Å². The summed E-state index contributed by atoms with van der Waals surface area (Å²) in [5.41, 5.74) is 10.6. The van der Waals surface area contributed by atoms with E-state index in [9.17, 15) is 0 Å². The number of rotatable bonds is 3. The summed E-state index contributed by atoms with van der Waals surface area (Å²) in [5, 5.41) is 0. The van der Waals surface area contributed by atoms with E-state index in [-0.39, 0.29) is 0 Å². The van der Waals surface area contributed by atoms with Gasteiger partial charge in [0.05, 0.1) is 5.69 Å². The first-order chi connectivity index (χ1) is 12.9. The van der Waals surface area contributed by atoms with E-state index in [1.807, 2.05) is 79.1 Å². The molecule has 0 aliphatic rings. The number of nitrogens with zero attached hydrogens (tertiary/aromatic N) is 3. The quantitative estimate of drug-likeness (QED) is 0.602. The monoisotopic (exact) mass is 340 g/mol. The predicted molar refractivity (Wildman–Crippen MR) is 105 cm³/mol. The van der Waals surface area contributed by atoms with Crippen LogP contribution in [0, 0.1) is 0 Å². The summed E-state index contributed by atoms with van der Waals surface area (Å²) in [5.74, 6) is 0. The molecule has 4 heteroatoms. The van der Waals surface area contributed by atoms with Crippen LogP contribution in [0.5, 0.6) is 0 Å². The molecular weight excluding hydrogens is 320 g/mol. The van der Waals surface area contributed by atoms with Gasteiger partial charge < -0.3 is 5.73 Å². The van der Waals surface area contributed by atoms with E-state index in [1.165, 1.54) is 5.56 Å². The second-order valence-electron chi connectivity index (χ2n) is 5.57. The molecule has 0 saturated heterocycles. The summed E-state index contributed by atoms with van der Waals surface area (Å²) in [4.78, 5) is 12.8. The number of hydrogen-bond donors (Lipinski definition) is 1.